The summed E-state index contributed by atoms with van der Waals surface area (Å²) >= 11 is 0. The van der Waals surface area contributed by atoms with Crippen LogP contribution in [0.4, 0.5) is 0 Å². The zero-order chi connectivity index (χ0) is 36.4. The molecule has 7 atom stereocenters. The van der Waals surface area contributed by atoms with Crippen molar-refractivity contribution in [1.82, 2.24) is 10.6 Å². The van der Waals surface area contributed by atoms with E-state index in [-0.39, 0.29) is 6.42 Å². The number of hydrogen-bond donors (Lipinski definition) is 3. The van der Waals surface area contributed by atoms with Crippen molar-refractivity contribution in [3.05, 3.63) is 35.9 Å². The van der Waals surface area contributed by atoms with Crippen LogP contribution in [-0.4, -0.2) is 101 Å². The van der Waals surface area contributed by atoms with Crippen LogP contribution in [0.5, 0.6) is 0 Å². The minimum absolute atomic E-state index is 0.0223. The highest BCUT2D eigenvalue weighted by molar-refractivity contribution is 5.93. The number of esters is 5. The lowest BCUT2D eigenvalue weighted by molar-refractivity contribution is -0.257. The standard InChI is InChI=1S/C32H44N2O14/c1-17(35)43-16-23-25(44-18(2)36)26(45-19(3)37)27(46-20(4)38)28(47-23)34-24(39)15-32(8,42)30(41)33-22(29(40)48-31(5,6)7)14-21-12-10-9-11-13-21/h9-13,22-23,25-28,42H,14-16H2,1-8H3,(H,33,41)(H,34,39)/t22-,23+,25+,26-,27+,28+,32-/m0/s1. The Morgan fingerprint density at radius 1 is 0.812 bits per heavy atom. The minimum Gasteiger partial charge on any atom is -0.463 e. The van der Waals surface area contributed by atoms with Crippen LogP contribution in [0.15, 0.2) is 30.3 Å². The third-order valence-corrected chi connectivity index (χ3v) is 6.57. The van der Waals surface area contributed by atoms with Gasteiger partial charge in [0.25, 0.3) is 5.91 Å². The number of carbonyl (C=O) groups excluding carboxylic acids is 7. The van der Waals surface area contributed by atoms with Crippen LogP contribution < -0.4 is 10.6 Å². The maximum absolute atomic E-state index is 13.3. The topological polar surface area (TPSA) is 219 Å². The van der Waals surface area contributed by atoms with E-state index in [1.54, 1.807) is 51.1 Å². The molecule has 16 nitrogen and oxygen atoms in total. The zero-order valence-electron chi connectivity index (χ0n) is 28.2. The summed E-state index contributed by atoms with van der Waals surface area (Å²) in [6, 6.07) is 7.52. The van der Waals surface area contributed by atoms with Gasteiger partial charge >= 0.3 is 29.8 Å². The first-order chi connectivity index (χ1) is 22.2. The Labute approximate surface area is 278 Å². The fourth-order valence-corrected chi connectivity index (χ4v) is 4.68. The summed E-state index contributed by atoms with van der Waals surface area (Å²) in [6.45, 7) is 9.71. The second-order valence-corrected chi connectivity index (χ2v) is 12.4. The number of carbonyl (C=O) groups is 7. The number of aliphatic hydroxyl groups is 1. The molecule has 0 spiro atoms. The Balaban J connectivity index is 2.33. The van der Waals surface area contributed by atoms with Gasteiger partial charge in [-0.05, 0) is 33.3 Å². The van der Waals surface area contributed by atoms with E-state index in [0.29, 0.717) is 5.56 Å². The molecule has 0 radical (unpaired) electrons. The van der Waals surface area contributed by atoms with Gasteiger partial charge in [0.1, 0.15) is 30.0 Å². The molecule has 0 bridgehead atoms. The summed E-state index contributed by atoms with van der Waals surface area (Å²) in [5.74, 6) is -6.18. The molecule has 0 aliphatic carbocycles. The van der Waals surface area contributed by atoms with Gasteiger partial charge in [0.05, 0.1) is 6.42 Å². The quantitative estimate of drug-likeness (QED) is 0.190. The summed E-state index contributed by atoms with van der Waals surface area (Å²) < 4.78 is 32.2. The van der Waals surface area contributed by atoms with E-state index in [9.17, 15) is 38.7 Å². The smallest absolute Gasteiger partial charge is 0.329 e. The van der Waals surface area contributed by atoms with Gasteiger partial charge in [-0.15, -0.1) is 0 Å². The molecule has 1 aliphatic heterocycles. The molecule has 2 amide bonds. The molecule has 48 heavy (non-hydrogen) atoms. The summed E-state index contributed by atoms with van der Waals surface area (Å²) in [5, 5.41) is 15.9. The molecule has 266 valence electrons. The zero-order valence-corrected chi connectivity index (χ0v) is 28.2. The molecule has 16 heteroatoms. The van der Waals surface area contributed by atoms with E-state index in [4.69, 9.17) is 28.4 Å². The van der Waals surface area contributed by atoms with Crippen molar-refractivity contribution in [3.8, 4) is 0 Å². The Bertz CT molecular complexity index is 1340. The molecule has 1 aromatic carbocycles. The van der Waals surface area contributed by atoms with E-state index in [0.717, 1.165) is 34.6 Å². The van der Waals surface area contributed by atoms with Gasteiger partial charge in [0.15, 0.2) is 24.5 Å². The number of amides is 2. The molecule has 0 aromatic heterocycles. The molecule has 1 fully saturated rings. The molecular formula is C32H44N2O14. The Morgan fingerprint density at radius 3 is 1.88 bits per heavy atom. The third-order valence-electron chi connectivity index (χ3n) is 6.57. The highest BCUT2D eigenvalue weighted by atomic mass is 16.7. The monoisotopic (exact) mass is 680 g/mol. The van der Waals surface area contributed by atoms with Gasteiger partial charge in [0, 0.05) is 34.1 Å². The van der Waals surface area contributed by atoms with Crippen LogP contribution in [-0.2, 0) is 68.4 Å². The van der Waals surface area contributed by atoms with Crippen molar-refractivity contribution in [3.63, 3.8) is 0 Å². The SMILES string of the molecule is CC(=O)OC[C@H]1O[C@@H](NC(=O)C[C@](C)(O)C(=O)N[C@@H](Cc2ccccc2)C(=O)OC(C)(C)C)[C@H](OC(C)=O)[C@@H](OC(C)=O)[C@@H]1OC(C)=O. The average Bonchev–Trinajstić information content (AvgIpc) is 2.93. The highest BCUT2D eigenvalue weighted by Gasteiger charge is 2.53. The van der Waals surface area contributed by atoms with Crippen LogP contribution in [0.3, 0.4) is 0 Å². The van der Waals surface area contributed by atoms with Crippen LogP contribution in [0.25, 0.3) is 0 Å². The lowest BCUT2D eigenvalue weighted by Gasteiger charge is -2.44. The molecule has 1 aromatic rings. The van der Waals surface area contributed by atoms with Gasteiger partial charge in [-0.1, -0.05) is 30.3 Å². The fourth-order valence-electron chi connectivity index (χ4n) is 4.68. The van der Waals surface area contributed by atoms with Gasteiger partial charge in [-0.25, -0.2) is 4.79 Å². The minimum atomic E-state index is -2.40. The lowest BCUT2D eigenvalue weighted by Crippen LogP contribution is -2.66. The van der Waals surface area contributed by atoms with E-state index in [1.165, 1.54) is 0 Å². The average molecular weight is 681 g/mol. The highest BCUT2D eigenvalue weighted by Crippen LogP contribution is 2.29. The molecule has 0 saturated carbocycles. The number of rotatable bonds is 13. The lowest BCUT2D eigenvalue weighted by atomic mass is 9.96. The molecule has 2 rings (SSSR count). The van der Waals surface area contributed by atoms with Crippen molar-refractivity contribution in [1.29, 1.82) is 0 Å². The predicted molar refractivity (Wildman–Crippen MR) is 163 cm³/mol. The first kappa shape index (κ1) is 39.6. The number of ether oxygens (including phenoxy) is 6. The number of benzene rings is 1. The molecule has 1 aliphatic rings. The Kier molecular flexibility index (Phi) is 14.0. The van der Waals surface area contributed by atoms with Crippen molar-refractivity contribution in [2.24, 2.45) is 0 Å². The van der Waals surface area contributed by atoms with E-state index >= 15 is 0 Å². The third kappa shape index (κ3) is 12.9. The normalized spacial score (nSPS) is 22.5. The van der Waals surface area contributed by atoms with Gasteiger partial charge in [-0.2, -0.15) is 0 Å². The van der Waals surface area contributed by atoms with Crippen molar-refractivity contribution in [2.45, 2.75) is 116 Å². The van der Waals surface area contributed by atoms with Crippen LogP contribution >= 0.6 is 0 Å². The van der Waals surface area contributed by atoms with Crippen LogP contribution in [0.1, 0.15) is 67.4 Å². The number of hydrogen-bond acceptors (Lipinski definition) is 14. The molecular weight excluding hydrogens is 636 g/mol. The molecule has 3 N–H and O–H groups in total. The summed E-state index contributed by atoms with van der Waals surface area (Å²) in [7, 11) is 0. The summed E-state index contributed by atoms with van der Waals surface area (Å²) in [5.41, 5.74) is -2.60. The molecule has 0 unspecified atom stereocenters. The Morgan fingerprint density at radius 2 is 1.35 bits per heavy atom. The second-order valence-electron chi connectivity index (χ2n) is 12.4. The number of nitrogens with one attached hydrogen (secondary N) is 2. The first-order valence-electron chi connectivity index (χ1n) is 15.1. The predicted octanol–water partition coefficient (Wildman–Crippen LogP) is 0.396. The second kappa shape index (κ2) is 17.0. The van der Waals surface area contributed by atoms with Crippen molar-refractivity contribution < 1.29 is 67.1 Å². The first-order valence-corrected chi connectivity index (χ1v) is 15.1. The van der Waals surface area contributed by atoms with E-state index in [2.05, 4.69) is 10.6 Å². The molecule has 1 heterocycles. The largest absolute Gasteiger partial charge is 0.463 e. The Hall–Kier alpha value is -4.57. The van der Waals surface area contributed by atoms with E-state index in [1.807, 2.05) is 0 Å². The van der Waals surface area contributed by atoms with Crippen LogP contribution in [0.2, 0.25) is 0 Å². The summed E-state index contributed by atoms with van der Waals surface area (Å²) in [6.07, 6.45) is -8.43. The maximum Gasteiger partial charge on any atom is 0.329 e. The van der Waals surface area contributed by atoms with Crippen molar-refractivity contribution in [2.75, 3.05) is 6.61 Å². The fraction of sp³-hybridized carbons (Fsp3) is 0.594. The van der Waals surface area contributed by atoms with Gasteiger partial charge < -0.3 is 44.2 Å². The van der Waals surface area contributed by atoms with Crippen molar-refractivity contribution >= 4 is 41.7 Å². The maximum atomic E-state index is 13.3. The van der Waals surface area contributed by atoms with Gasteiger partial charge in [-0.3, -0.25) is 28.8 Å². The van der Waals surface area contributed by atoms with E-state index < -0.39 is 103 Å². The molecule has 1 saturated heterocycles. The van der Waals surface area contributed by atoms with Gasteiger partial charge in [0.2, 0.25) is 5.91 Å². The van der Waals surface area contributed by atoms with Crippen LogP contribution in [0, 0.1) is 0 Å². The summed E-state index contributed by atoms with van der Waals surface area (Å²) in [4.78, 5) is 87.1.